The molecule has 1 rings (SSSR count). The van der Waals surface area contributed by atoms with Crippen LogP contribution in [-0.4, -0.2) is 5.78 Å². The number of hydrogen-bond donors (Lipinski definition) is 0. The zero-order chi connectivity index (χ0) is 11.4. The molecule has 0 N–H and O–H groups in total. The molecule has 2 heteroatoms. The van der Waals surface area contributed by atoms with Crippen LogP contribution in [0.1, 0.15) is 44.2 Å². The molecule has 0 aromatic heterocycles. The van der Waals surface area contributed by atoms with Crippen LogP contribution in [0.5, 0.6) is 0 Å². The third kappa shape index (κ3) is 3.15. The van der Waals surface area contributed by atoms with E-state index in [1.165, 1.54) is 6.07 Å². The third-order valence-electron chi connectivity index (χ3n) is 2.48. The van der Waals surface area contributed by atoms with Gasteiger partial charge >= 0.3 is 0 Å². The molecule has 0 radical (unpaired) electrons. The minimum atomic E-state index is -0.183. The van der Waals surface area contributed by atoms with E-state index in [2.05, 4.69) is 0 Å². The van der Waals surface area contributed by atoms with Crippen molar-refractivity contribution in [2.24, 2.45) is 0 Å². The fourth-order valence-corrected chi connectivity index (χ4v) is 1.50. The largest absolute Gasteiger partial charge is 0.299 e. The van der Waals surface area contributed by atoms with Crippen molar-refractivity contribution in [2.75, 3.05) is 0 Å². The first-order valence-corrected chi connectivity index (χ1v) is 5.34. The van der Waals surface area contributed by atoms with Gasteiger partial charge in [0.25, 0.3) is 0 Å². The summed E-state index contributed by atoms with van der Waals surface area (Å²) in [6, 6.07) is 4.94. The Kier molecular flexibility index (Phi) is 4.01. The summed E-state index contributed by atoms with van der Waals surface area (Å²) in [5.41, 5.74) is 1.60. The van der Waals surface area contributed by atoms with Crippen molar-refractivity contribution in [1.29, 1.82) is 0 Å². The first kappa shape index (κ1) is 11.9. The predicted molar refractivity (Wildman–Crippen MR) is 59.5 cm³/mol. The number of Topliss-reactive ketones (excluding diaryl/α,β-unsaturated/α-hetero) is 1. The highest BCUT2D eigenvalue weighted by molar-refractivity contribution is 5.80. The number of halogens is 1. The van der Waals surface area contributed by atoms with Gasteiger partial charge in [-0.1, -0.05) is 32.9 Å². The molecule has 0 aliphatic rings. The number of carbonyl (C=O) groups is 1. The standard InChI is InChI=1S/C13H17FO/c1-4-11(15)7-10-5-6-13(14)12(8-10)9(2)3/h5-6,8-9H,4,7H2,1-3H3. The Bertz CT molecular complexity index is 356. The van der Waals surface area contributed by atoms with E-state index >= 15 is 0 Å². The van der Waals surface area contributed by atoms with Crippen molar-refractivity contribution in [1.82, 2.24) is 0 Å². The zero-order valence-corrected chi connectivity index (χ0v) is 9.51. The average Bonchev–Trinajstić information content (AvgIpc) is 2.20. The maximum atomic E-state index is 13.4. The van der Waals surface area contributed by atoms with Crippen LogP contribution < -0.4 is 0 Å². The van der Waals surface area contributed by atoms with Crippen molar-refractivity contribution in [2.45, 2.75) is 39.5 Å². The summed E-state index contributed by atoms with van der Waals surface area (Å²) in [6.07, 6.45) is 0.949. The lowest BCUT2D eigenvalue weighted by molar-refractivity contribution is -0.118. The number of benzene rings is 1. The van der Waals surface area contributed by atoms with E-state index in [4.69, 9.17) is 0 Å². The molecule has 0 amide bonds. The summed E-state index contributed by atoms with van der Waals surface area (Å²) < 4.78 is 13.4. The van der Waals surface area contributed by atoms with Gasteiger partial charge in [-0.2, -0.15) is 0 Å². The second-order valence-corrected chi connectivity index (χ2v) is 4.08. The van der Waals surface area contributed by atoms with E-state index in [1.807, 2.05) is 20.8 Å². The molecular formula is C13H17FO. The van der Waals surface area contributed by atoms with Crippen molar-refractivity contribution < 1.29 is 9.18 Å². The van der Waals surface area contributed by atoms with Crippen molar-refractivity contribution in [3.8, 4) is 0 Å². The minimum Gasteiger partial charge on any atom is -0.299 e. The van der Waals surface area contributed by atoms with Gasteiger partial charge in [-0.3, -0.25) is 4.79 Å². The van der Waals surface area contributed by atoms with Gasteiger partial charge in [0, 0.05) is 12.8 Å². The summed E-state index contributed by atoms with van der Waals surface area (Å²) in [6.45, 7) is 5.74. The van der Waals surface area contributed by atoms with Crippen LogP contribution in [0.3, 0.4) is 0 Å². The van der Waals surface area contributed by atoms with E-state index in [0.29, 0.717) is 18.4 Å². The maximum Gasteiger partial charge on any atom is 0.136 e. The average molecular weight is 208 g/mol. The van der Waals surface area contributed by atoms with Crippen LogP contribution in [-0.2, 0) is 11.2 Å². The van der Waals surface area contributed by atoms with Gasteiger partial charge in [0.2, 0.25) is 0 Å². The molecule has 15 heavy (non-hydrogen) atoms. The summed E-state index contributed by atoms with van der Waals surface area (Å²) in [5, 5.41) is 0. The van der Waals surface area contributed by atoms with Gasteiger partial charge in [-0.15, -0.1) is 0 Å². The van der Waals surface area contributed by atoms with Gasteiger partial charge in [0.15, 0.2) is 0 Å². The lowest BCUT2D eigenvalue weighted by Crippen LogP contribution is -2.02. The van der Waals surface area contributed by atoms with E-state index in [1.54, 1.807) is 12.1 Å². The summed E-state index contributed by atoms with van der Waals surface area (Å²) in [4.78, 5) is 11.3. The quantitative estimate of drug-likeness (QED) is 0.740. The van der Waals surface area contributed by atoms with Gasteiger partial charge in [0.1, 0.15) is 11.6 Å². The highest BCUT2D eigenvalue weighted by Crippen LogP contribution is 2.20. The molecule has 0 fully saturated rings. The molecule has 1 aromatic rings. The zero-order valence-electron chi connectivity index (χ0n) is 9.51. The maximum absolute atomic E-state index is 13.4. The van der Waals surface area contributed by atoms with Crippen LogP contribution in [0, 0.1) is 5.82 Å². The van der Waals surface area contributed by atoms with Gasteiger partial charge in [-0.25, -0.2) is 4.39 Å². The molecule has 0 bridgehead atoms. The van der Waals surface area contributed by atoms with Crippen LogP contribution in [0.2, 0.25) is 0 Å². The Morgan fingerprint density at radius 2 is 2.07 bits per heavy atom. The number of hydrogen-bond acceptors (Lipinski definition) is 1. The van der Waals surface area contributed by atoms with E-state index < -0.39 is 0 Å². The Morgan fingerprint density at radius 3 is 2.60 bits per heavy atom. The van der Waals surface area contributed by atoms with Gasteiger partial charge < -0.3 is 0 Å². The van der Waals surface area contributed by atoms with E-state index in [0.717, 1.165) is 5.56 Å². The fourth-order valence-electron chi connectivity index (χ4n) is 1.50. The molecule has 0 saturated carbocycles. The molecule has 0 aliphatic heterocycles. The number of rotatable bonds is 4. The van der Waals surface area contributed by atoms with Crippen molar-refractivity contribution in [3.05, 3.63) is 35.1 Å². The van der Waals surface area contributed by atoms with E-state index in [-0.39, 0.29) is 17.5 Å². The Labute approximate surface area is 90.3 Å². The number of carbonyl (C=O) groups excluding carboxylic acids is 1. The van der Waals surface area contributed by atoms with Crippen LogP contribution in [0.4, 0.5) is 4.39 Å². The molecule has 82 valence electrons. The fraction of sp³-hybridized carbons (Fsp3) is 0.462. The van der Waals surface area contributed by atoms with Crippen LogP contribution in [0.25, 0.3) is 0 Å². The highest BCUT2D eigenvalue weighted by atomic mass is 19.1. The molecule has 0 atom stereocenters. The third-order valence-corrected chi connectivity index (χ3v) is 2.48. The van der Waals surface area contributed by atoms with Crippen molar-refractivity contribution in [3.63, 3.8) is 0 Å². The van der Waals surface area contributed by atoms with Crippen LogP contribution in [0.15, 0.2) is 18.2 Å². The normalized spacial score (nSPS) is 10.7. The second-order valence-electron chi connectivity index (χ2n) is 4.08. The molecule has 1 aromatic carbocycles. The van der Waals surface area contributed by atoms with Gasteiger partial charge in [0.05, 0.1) is 0 Å². The number of ketones is 1. The molecular weight excluding hydrogens is 191 g/mol. The monoisotopic (exact) mass is 208 g/mol. The Morgan fingerprint density at radius 1 is 1.40 bits per heavy atom. The first-order valence-electron chi connectivity index (χ1n) is 5.34. The SMILES string of the molecule is CCC(=O)Cc1ccc(F)c(C(C)C)c1. The lowest BCUT2D eigenvalue weighted by atomic mass is 9.98. The summed E-state index contributed by atoms with van der Waals surface area (Å²) in [5.74, 6) is 0.163. The van der Waals surface area contributed by atoms with E-state index in [9.17, 15) is 9.18 Å². The first-order chi connectivity index (χ1) is 7.04. The topological polar surface area (TPSA) is 17.1 Å². The summed E-state index contributed by atoms with van der Waals surface area (Å²) in [7, 11) is 0. The molecule has 0 spiro atoms. The minimum absolute atomic E-state index is 0.154. The molecule has 0 unspecified atom stereocenters. The summed E-state index contributed by atoms with van der Waals surface area (Å²) >= 11 is 0. The smallest absolute Gasteiger partial charge is 0.136 e. The van der Waals surface area contributed by atoms with Gasteiger partial charge in [-0.05, 0) is 23.1 Å². The predicted octanol–water partition coefficient (Wildman–Crippen LogP) is 3.47. The molecule has 1 nitrogen and oxygen atoms in total. The van der Waals surface area contributed by atoms with Crippen molar-refractivity contribution >= 4 is 5.78 Å². The molecule has 0 aliphatic carbocycles. The Hall–Kier alpha value is -1.18. The highest BCUT2D eigenvalue weighted by Gasteiger charge is 2.08. The lowest BCUT2D eigenvalue weighted by Gasteiger charge is -2.09. The molecule has 0 heterocycles. The second kappa shape index (κ2) is 5.06. The van der Waals surface area contributed by atoms with Crippen LogP contribution >= 0.6 is 0 Å². The Balaban J connectivity index is 2.92. The molecule has 0 saturated heterocycles.